The van der Waals surface area contributed by atoms with Gasteiger partial charge in [-0.1, -0.05) is 11.2 Å². The Balaban J connectivity index is 1.68. The van der Waals surface area contributed by atoms with E-state index in [-0.39, 0.29) is 17.0 Å². The number of rotatable bonds is 4. The SMILES string of the molecule is O=C(NCC1CCOCC1)c1ccc(-c2noc(C(F)(F)F)n2)cc1F. The van der Waals surface area contributed by atoms with Crippen molar-refractivity contribution in [2.45, 2.75) is 19.0 Å². The van der Waals surface area contributed by atoms with Gasteiger partial charge in [-0.05, 0) is 30.9 Å². The maximum Gasteiger partial charge on any atom is 0.471 e. The molecule has 1 aliphatic rings. The van der Waals surface area contributed by atoms with Crippen LogP contribution in [0.2, 0.25) is 0 Å². The van der Waals surface area contributed by atoms with Crippen LogP contribution in [-0.4, -0.2) is 35.8 Å². The number of nitrogens with one attached hydrogen (secondary N) is 1. The Morgan fingerprint density at radius 1 is 1.27 bits per heavy atom. The summed E-state index contributed by atoms with van der Waals surface area (Å²) < 4.78 is 61.0. The van der Waals surface area contributed by atoms with Crippen molar-refractivity contribution in [1.29, 1.82) is 0 Å². The molecule has 1 aromatic heterocycles. The van der Waals surface area contributed by atoms with Crippen LogP contribution in [0, 0.1) is 11.7 Å². The molecule has 6 nitrogen and oxygen atoms in total. The molecule has 0 atom stereocenters. The normalized spacial score (nSPS) is 15.8. The molecule has 0 bridgehead atoms. The minimum Gasteiger partial charge on any atom is -0.381 e. The summed E-state index contributed by atoms with van der Waals surface area (Å²) in [6.07, 6.45) is -3.14. The first-order valence-electron chi connectivity index (χ1n) is 7.91. The highest BCUT2D eigenvalue weighted by atomic mass is 19.4. The predicted molar refractivity (Wildman–Crippen MR) is 80.6 cm³/mol. The third-order valence-corrected chi connectivity index (χ3v) is 4.03. The van der Waals surface area contributed by atoms with Crippen LogP contribution in [-0.2, 0) is 10.9 Å². The Morgan fingerprint density at radius 2 is 2.00 bits per heavy atom. The Bertz CT molecular complexity index is 785. The molecule has 0 unspecified atom stereocenters. The maximum absolute atomic E-state index is 14.2. The molecule has 140 valence electrons. The molecule has 0 aliphatic carbocycles. The van der Waals surface area contributed by atoms with Gasteiger partial charge in [-0.25, -0.2) is 4.39 Å². The van der Waals surface area contributed by atoms with Crippen LogP contribution in [0.4, 0.5) is 17.6 Å². The van der Waals surface area contributed by atoms with Crippen molar-refractivity contribution in [2.24, 2.45) is 5.92 Å². The zero-order valence-corrected chi connectivity index (χ0v) is 13.5. The number of alkyl halides is 3. The Hall–Kier alpha value is -2.49. The third kappa shape index (κ3) is 4.18. The lowest BCUT2D eigenvalue weighted by Crippen LogP contribution is -2.32. The van der Waals surface area contributed by atoms with E-state index < -0.39 is 29.6 Å². The van der Waals surface area contributed by atoms with Gasteiger partial charge in [0.1, 0.15) is 5.82 Å². The number of hydrogen-bond donors (Lipinski definition) is 1. The molecule has 1 saturated heterocycles. The average molecular weight is 373 g/mol. The molecule has 0 radical (unpaired) electrons. The van der Waals surface area contributed by atoms with E-state index in [0.29, 0.717) is 19.8 Å². The number of halogens is 4. The van der Waals surface area contributed by atoms with E-state index in [1.165, 1.54) is 12.1 Å². The second-order valence-corrected chi connectivity index (χ2v) is 5.88. The van der Waals surface area contributed by atoms with Gasteiger partial charge in [0.15, 0.2) is 0 Å². The summed E-state index contributed by atoms with van der Waals surface area (Å²) in [7, 11) is 0. The average Bonchev–Trinajstić information content (AvgIpc) is 3.11. The van der Waals surface area contributed by atoms with Crippen molar-refractivity contribution < 1.29 is 31.6 Å². The van der Waals surface area contributed by atoms with Crippen molar-refractivity contribution in [1.82, 2.24) is 15.5 Å². The van der Waals surface area contributed by atoms with E-state index in [0.717, 1.165) is 18.9 Å². The number of aromatic nitrogens is 2. The summed E-state index contributed by atoms with van der Waals surface area (Å²) in [4.78, 5) is 15.3. The summed E-state index contributed by atoms with van der Waals surface area (Å²) in [6.45, 7) is 1.67. The summed E-state index contributed by atoms with van der Waals surface area (Å²) >= 11 is 0. The molecule has 1 aliphatic heterocycles. The van der Waals surface area contributed by atoms with E-state index in [2.05, 4.69) is 20.0 Å². The van der Waals surface area contributed by atoms with Crippen molar-refractivity contribution in [2.75, 3.05) is 19.8 Å². The van der Waals surface area contributed by atoms with E-state index in [9.17, 15) is 22.4 Å². The van der Waals surface area contributed by atoms with Crippen molar-refractivity contribution in [3.8, 4) is 11.4 Å². The first kappa shape index (κ1) is 18.3. The molecular formula is C16H15F4N3O3. The van der Waals surface area contributed by atoms with Gasteiger partial charge < -0.3 is 14.6 Å². The number of carbonyl (C=O) groups excluding carboxylic acids is 1. The molecule has 2 heterocycles. The van der Waals surface area contributed by atoms with Crippen LogP contribution >= 0.6 is 0 Å². The molecular weight excluding hydrogens is 358 g/mol. The molecule has 1 fully saturated rings. The van der Waals surface area contributed by atoms with Crippen molar-refractivity contribution >= 4 is 5.91 Å². The number of ether oxygens (including phenoxy) is 1. The number of nitrogens with zero attached hydrogens (tertiary/aromatic N) is 2. The summed E-state index contributed by atoms with van der Waals surface area (Å²) in [5, 5.41) is 5.84. The van der Waals surface area contributed by atoms with E-state index >= 15 is 0 Å². The number of carbonyl (C=O) groups is 1. The van der Waals surface area contributed by atoms with E-state index in [4.69, 9.17) is 4.74 Å². The van der Waals surface area contributed by atoms with Gasteiger partial charge in [-0.3, -0.25) is 4.79 Å². The number of amides is 1. The standard InChI is InChI=1S/C16H15F4N3O3/c17-12-7-10(13-22-15(26-23-13)16(18,19)20)1-2-11(12)14(24)21-8-9-3-5-25-6-4-9/h1-2,7,9H,3-6,8H2,(H,21,24). The van der Waals surface area contributed by atoms with Crippen LogP contribution in [0.3, 0.4) is 0 Å². The lowest BCUT2D eigenvalue weighted by atomic mass is 10.0. The molecule has 0 saturated carbocycles. The van der Waals surface area contributed by atoms with Gasteiger partial charge in [0.05, 0.1) is 5.56 Å². The van der Waals surface area contributed by atoms with Gasteiger partial charge in [-0.15, -0.1) is 0 Å². The topological polar surface area (TPSA) is 77.2 Å². The lowest BCUT2D eigenvalue weighted by molar-refractivity contribution is -0.159. The molecule has 1 N–H and O–H groups in total. The molecule has 26 heavy (non-hydrogen) atoms. The zero-order valence-electron chi connectivity index (χ0n) is 13.5. The fourth-order valence-electron chi connectivity index (χ4n) is 2.58. The monoisotopic (exact) mass is 373 g/mol. The Kier molecular flexibility index (Phi) is 5.21. The van der Waals surface area contributed by atoms with E-state index in [1.807, 2.05) is 0 Å². The first-order chi connectivity index (χ1) is 12.3. The van der Waals surface area contributed by atoms with E-state index in [1.54, 1.807) is 0 Å². The smallest absolute Gasteiger partial charge is 0.381 e. The minimum absolute atomic E-state index is 0.0253. The highest BCUT2D eigenvalue weighted by Gasteiger charge is 2.38. The Morgan fingerprint density at radius 3 is 2.62 bits per heavy atom. The zero-order chi connectivity index (χ0) is 18.7. The van der Waals surface area contributed by atoms with Gasteiger partial charge >= 0.3 is 12.1 Å². The number of benzene rings is 1. The quantitative estimate of drug-likeness (QED) is 0.834. The summed E-state index contributed by atoms with van der Waals surface area (Å²) in [5.41, 5.74) is -0.233. The van der Waals surface area contributed by atoms with Gasteiger partial charge in [0, 0.05) is 25.3 Å². The fraction of sp³-hybridized carbons (Fsp3) is 0.438. The second kappa shape index (κ2) is 7.40. The van der Waals surface area contributed by atoms with Gasteiger partial charge in [-0.2, -0.15) is 18.2 Å². The maximum atomic E-state index is 14.2. The largest absolute Gasteiger partial charge is 0.471 e. The highest BCUT2D eigenvalue weighted by Crippen LogP contribution is 2.29. The fourth-order valence-corrected chi connectivity index (χ4v) is 2.58. The van der Waals surface area contributed by atoms with Crippen LogP contribution < -0.4 is 5.32 Å². The van der Waals surface area contributed by atoms with Crippen LogP contribution in [0.1, 0.15) is 29.1 Å². The highest BCUT2D eigenvalue weighted by molar-refractivity contribution is 5.94. The molecule has 1 aromatic carbocycles. The first-order valence-corrected chi connectivity index (χ1v) is 7.91. The van der Waals surface area contributed by atoms with Crippen LogP contribution in [0.15, 0.2) is 22.7 Å². The van der Waals surface area contributed by atoms with Gasteiger partial charge in [0.2, 0.25) is 5.82 Å². The minimum atomic E-state index is -4.78. The summed E-state index contributed by atoms with van der Waals surface area (Å²) in [6, 6.07) is 3.33. The van der Waals surface area contributed by atoms with Crippen molar-refractivity contribution in [3.63, 3.8) is 0 Å². The number of hydrogen-bond acceptors (Lipinski definition) is 5. The van der Waals surface area contributed by atoms with Crippen LogP contribution in [0.5, 0.6) is 0 Å². The molecule has 0 spiro atoms. The molecule has 3 rings (SSSR count). The van der Waals surface area contributed by atoms with Crippen LogP contribution in [0.25, 0.3) is 11.4 Å². The molecule has 2 aromatic rings. The van der Waals surface area contributed by atoms with Crippen molar-refractivity contribution in [3.05, 3.63) is 35.5 Å². The second-order valence-electron chi connectivity index (χ2n) is 5.88. The molecule has 10 heteroatoms. The predicted octanol–water partition coefficient (Wildman–Crippen LogP) is 3.05. The summed E-state index contributed by atoms with van der Waals surface area (Å²) in [5.74, 6) is -3.14. The Labute approximate surface area is 145 Å². The van der Waals surface area contributed by atoms with Gasteiger partial charge in [0.25, 0.3) is 5.91 Å². The molecule has 1 amide bonds. The lowest BCUT2D eigenvalue weighted by Gasteiger charge is -2.22. The third-order valence-electron chi connectivity index (χ3n) is 4.03.